The normalized spacial score (nSPS) is 12.0. The lowest BCUT2D eigenvalue weighted by molar-refractivity contribution is -0.136. The van der Waals surface area contributed by atoms with Crippen LogP contribution in [0.3, 0.4) is 0 Å². The summed E-state index contributed by atoms with van der Waals surface area (Å²) >= 11 is 6.13. The topological polar surface area (TPSA) is 64.4 Å². The predicted octanol–water partition coefficient (Wildman–Crippen LogP) is 5.57. The Kier molecular flexibility index (Phi) is 5.44. The third-order valence-corrected chi connectivity index (χ3v) is 4.32. The van der Waals surface area contributed by atoms with Gasteiger partial charge in [0.2, 0.25) is 5.88 Å². The van der Waals surface area contributed by atoms with Crippen molar-refractivity contribution in [3.8, 4) is 11.6 Å². The number of hydrogen-bond acceptors (Lipinski definition) is 3. The fourth-order valence-corrected chi connectivity index (χ4v) is 2.96. The Morgan fingerprint density at radius 1 is 1.31 bits per heavy atom. The molecule has 0 atom stereocenters. The molecule has 0 aliphatic heterocycles. The zero-order valence-electron chi connectivity index (χ0n) is 15.2. The van der Waals surface area contributed by atoms with E-state index in [0.29, 0.717) is 12.7 Å². The Morgan fingerprint density at radius 2 is 2.00 bits per heavy atom. The lowest BCUT2D eigenvalue weighted by Crippen LogP contribution is -2.06. The molecule has 0 spiro atoms. The quantitative estimate of drug-likeness (QED) is 0.537. The number of fused-ring (bicyclic) bond motifs is 1. The first-order valence-electron chi connectivity index (χ1n) is 8.43. The van der Waals surface area contributed by atoms with Crippen LogP contribution in [0.5, 0.6) is 5.88 Å². The summed E-state index contributed by atoms with van der Waals surface area (Å²) in [5.74, 6) is -2.49. The minimum atomic E-state index is -4.78. The number of alkyl halides is 3. The number of halogens is 5. The molecule has 29 heavy (non-hydrogen) atoms. The second kappa shape index (κ2) is 7.55. The highest BCUT2D eigenvalue weighted by Crippen LogP contribution is 2.38. The largest absolute Gasteiger partial charge is 0.478 e. The molecule has 0 saturated heterocycles. The first kappa shape index (κ1) is 20.9. The van der Waals surface area contributed by atoms with E-state index in [0.717, 1.165) is 16.8 Å². The van der Waals surface area contributed by atoms with Gasteiger partial charge in [0.05, 0.1) is 35.1 Å². The van der Waals surface area contributed by atoms with E-state index < -0.39 is 34.5 Å². The SMILES string of the molecule is CC(C)COc1ncc(-n2cc(C(F)(F)F)c3cc(C(=O)O)c(F)cc32)cc1Cl. The summed E-state index contributed by atoms with van der Waals surface area (Å²) in [4.78, 5) is 15.2. The van der Waals surface area contributed by atoms with Gasteiger partial charge in [-0.25, -0.2) is 14.2 Å². The van der Waals surface area contributed by atoms with Crippen LogP contribution in [0, 0.1) is 11.7 Å². The maximum absolute atomic E-state index is 14.2. The standard InChI is InChI=1S/C19H15ClF4N2O3/c1-9(2)8-29-17-14(20)3-10(6-25-17)26-7-13(19(22,23)24)11-4-12(18(27)28)15(21)5-16(11)26/h3-7,9H,8H2,1-2H3,(H,27,28). The van der Waals surface area contributed by atoms with E-state index in [4.69, 9.17) is 21.4 Å². The van der Waals surface area contributed by atoms with E-state index in [1.165, 1.54) is 12.3 Å². The monoisotopic (exact) mass is 430 g/mol. The summed E-state index contributed by atoms with van der Waals surface area (Å²) < 4.78 is 61.1. The number of rotatable bonds is 5. The van der Waals surface area contributed by atoms with Crippen molar-refractivity contribution in [2.75, 3.05) is 6.61 Å². The van der Waals surface area contributed by atoms with Crippen LogP contribution in [0.25, 0.3) is 16.6 Å². The number of carbonyl (C=O) groups is 1. The molecule has 0 aliphatic rings. The number of aromatic nitrogens is 2. The molecule has 0 aliphatic carbocycles. The molecule has 0 saturated carbocycles. The van der Waals surface area contributed by atoms with Gasteiger partial charge in [-0.1, -0.05) is 25.4 Å². The Morgan fingerprint density at radius 3 is 2.55 bits per heavy atom. The van der Waals surface area contributed by atoms with Crippen LogP contribution >= 0.6 is 11.6 Å². The number of benzene rings is 1. The summed E-state index contributed by atoms with van der Waals surface area (Å²) in [5.41, 5.74) is -2.00. The van der Waals surface area contributed by atoms with E-state index in [2.05, 4.69) is 4.98 Å². The van der Waals surface area contributed by atoms with Gasteiger partial charge < -0.3 is 14.4 Å². The molecule has 0 unspecified atom stereocenters. The van der Waals surface area contributed by atoms with Gasteiger partial charge in [-0.2, -0.15) is 13.2 Å². The number of carboxylic acids is 1. The fraction of sp³-hybridized carbons (Fsp3) is 0.263. The van der Waals surface area contributed by atoms with Gasteiger partial charge in [0, 0.05) is 11.6 Å². The van der Waals surface area contributed by atoms with E-state index in [1.807, 2.05) is 13.8 Å². The van der Waals surface area contributed by atoms with Crippen molar-refractivity contribution >= 4 is 28.5 Å². The summed E-state index contributed by atoms with van der Waals surface area (Å²) in [6.45, 7) is 4.19. The van der Waals surface area contributed by atoms with Crippen LogP contribution in [0.2, 0.25) is 5.02 Å². The minimum absolute atomic E-state index is 0.0705. The Bertz CT molecular complexity index is 1090. The molecule has 0 fully saturated rings. The van der Waals surface area contributed by atoms with Crippen molar-refractivity contribution in [2.45, 2.75) is 20.0 Å². The number of pyridine rings is 1. The molecule has 2 heterocycles. The molecular weight excluding hydrogens is 416 g/mol. The second-order valence-corrected chi connectivity index (χ2v) is 7.16. The average molecular weight is 431 g/mol. The molecule has 154 valence electrons. The third-order valence-electron chi connectivity index (χ3n) is 4.05. The number of ether oxygens (including phenoxy) is 1. The van der Waals surface area contributed by atoms with E-state index in [-0.39, 0.29) is 28.0 Å². The van der Waals surface area contributed by atoms with Crippen molar-refractivity contribution in [1.82, 2.24) is 9.55 Å². The molecule has 3 rings (SSSR count). The molecule has 2 aromatic heterocycles. The predicted molar refractivity (Wildman–Crippen MR) is 98.3 cm³/mol. The van der Waals surface area contributed by atoms with Crippen LogP contribution in [-0.4, -0.2) is 27.2 Å². The zero-order chi connectivity index (χ0) is 21.5. The highest BCUT2D eigenvalue weighted by atomic mass is 35.5. The Hall–Kier alpha value is -2.81. The Labute approximate surface area is 167 Å². The van der Waals surface area contributed by atoms with Crippen LogP contribution < -0.4 is 4.74 Å². The van der Waals surface area contributed by atoms with E-state index in [1.54, 1.807) is 0 Å². The van der Waals surface area contributed by atoms with Crippen molar-refractivity contribution in [3.05, 3.63) is 52.6 Å². The second-order valence-electron chi connectivity index (χ2n) is 6.75. The molecular formula is C19H15ClF4N2O3. The van der Waals surface area contributed by atoms with Crippen molar-refractivity contribution in [3.63, 3.8) is 0 Å². The van der Waals surface area contributed by atoms with Gasteiger partial charge in [-0.3, -0.25) is 0 Å². The van der Waals surface area contributed by atoms with Crippen molar-refractivity contribution in [1.29, 1.82) is 0 Å². The van der Waals surface area contributed by atoms with Gasteiger partial charge in [-0.05, 0) is 24.1 Å². The third kappa shape index (κ3) is 4.14. The van der Waals surface area contributed by atoms with E-state index >= 15 is 0 Å². The highest BCUT2D eigenvalue weighted by molar-refractivity contribution is 6.32. The Balaban J connectivity index is 2.18. The lowest BCUT2D eigenvalue weighted by Gasteiger charge is -2.11. The average Bonchev–Trinajstić information content (AvgIpc) is 2.98. The van der Waals surface area contributed by atoms with Crippen LogP contribution in [0.4, 0.5) is 17.6 Å². The number of nitrogens with zero attached hydrogens (tertiary/aromatic N) is 2. The molecule has 0 radical (unpaired) electrons. The smallest absolute Gasteiger partial charge is 0.418 e. The molecule has 10 heteroatoms. The summed E-state index contributed by atoms with van der Waals surface area (Å²) in [6, 6.07) is 2.75. The molecule has 5 nitrogen and oxygen atoms in total. The zero-order valence-corrected chi connectivity index (χ0v) is 16.0. The number of aromatic carboxylic acids is 1. The van der Waals surface area contributed by atoms with Gasteiger partial charge in [0.1, 0.15) is 10.8 Å². The molecule has 1 aromatic carbocycles. The first-order valence-corrected chi connectivity index (χ1v) is 8.80. The van der Waals surface area contributed by atoms with Crippen molar-refractivity contribution in [2.24, 2.45) is 5.92 Å². The summed E-state index contributed by atoms with van der Waals surface area (Å²) in [7, 11) is 0. The molecule has 3 aromatic rings. The van der Waals surface area contributed by atoms with Gasteiger partial charge in [-0.15, -0.1) is 0 Å². The number of carboxylic acid groups (broad SMARTS) is 1. The van der Waals surface area contributed by atoms with Crippen LogP contribution in [-0.2, 0) is 6.18 Å². The summed E-state index contributed by atoms with van der Waals surface area (Å²) in [6.07, 6.45) is -2.80. The lowest BCUT2D eigenvalue weighted by atomic mass is 10.1. The maximum atomic E-state index is 14.2. The molecule has 1 N–H and O–H groups in total. The van der Waals surface area contributed by atoms with Gasteiger partial charge >= 0.3 is 12.1 Å². The van der Waals surface area contributed by atoms with E-state index in [9.17, 15) is 22.4 Å². The molecule has 0 bridgehead atoms. The molecule has 0 amide bonds. The maximum Gasteiger partial charge on any atom is 0.418 e. The van der Waals surface area contributed by atoms with Gasteiger partial charge in [0.15, 0.2) is 0 Å². The minimum Gasteiger partial charge on any atom is -0.478 e. The van der Waals surface area contributed by atoms with Gasteiger partial charge in [0.25, 0.3) is 0 Å². The first-order chi connectivity index (χ1) is 13.5. The van der Waals surface area contributed by atoms with Crippen molar-refractivity contribution < 1.29 is 32.2 Å². The highest BCUT2D eigenvalue weighted by Gasteiger charge is 2.35. The fourth-order valence-electron chi connectivity index (χ4n) is 2.75. The van der Waals surface area contributed by atoms with Crippen LogP contribution in [0.1, 0.15) is 29.8 Å². The summed E-state index contributed by atoms with van der Waals surface area (Å²) in [5, 5.41) is 8.65. The number of hydrogen-bond donors (Lipinski definition) is 1. The van der Waals surface area contributed by atoms with Crippen LogP contribution in [0.15, 0.2) is 30.6 Å².